The fourth-order valence-corrected chi connectivity index (χ4v) is 3.93. The molecule has 4 nitrogen and oxygen atoms in total. The van der Waals surface area contributed by atoms with Crippen molar-refractivity contribution in [2.24, 2.45) is 5.92 Å². The zero-order valence-electron chi connectivity index (χ0n) is 11.4. The van der Waals surface area contributed by atoms with Gasteiger partial charge in [-0.05, 0) is 26.7 Å². The monoisotopic (exact) mass is 286 g/mol. The van der Waals surface area contributed by atoms with Gasteiger partial charge >= 0.3 is 5.97 Å². The second-order valence-corrected chi connectivity index (χ2v) is 6.29. The van der Waals surface area contributed by atoms with Crippen LogP contribution in [0.5, 0.6) is 0 Å². The van der Waals surface area contributed by atoms with Crippen LogP contribution in [0, 0.1) is 5.92 Å². The average Bonchev–Trinajstić information content (AvgIpc) is 2.37. The largest absolute Gasteiger partial charge is 0.479 e. The normalized spacial score (nSPS) is 34.3. The number of ether oxygens (including phenoxy) is 1. The number of aliphatic hydroxyl groups is 1. The molecule has 1 rings (SSSR count). The molecule has 5 heteroatoms. The number of carboxylic acid groups (broad SMARTS) is 1. The number of carbonyl (C=O) groups is 1. The molecule has 0 aromatic heterocycles. The minimum Gasteiger partial charge on any atom is -0.479 e. The van der Waals surface area contributed by atoms with Crippen LogP contribution in [0.25, 0.3) is 0 Å². The third kappa shape index (κ3) is 3.41. The van der Waals surface area contributed by atoms with Crippen molar-refractivity contribution in [3.05, 3.63) is 25.3 Å². The number of hydrogen-bond donors (Lipinski definition) is 2. The lowest BCUT2D eigenvalue weighted by Crippen LogP contribution is -2.52. The molecule has 0 radical (unpaired) electrons. The van der Waals surface area contributed by atoms with Gasteiger partial charge in [-0.3, -0.25) is 0 Å². The minimum absolute atomic E-state index is 0.0875. The number of carboxylic acids is 1. The van der Waals surface area contributed by atoms with E-state index in [4.69, 9.17) is 9.84 Å². The van der Waals surface area contributed by atoms with Crippen LogP contribution in [0.2, 0.25) is 0 Å². The first-order chi connectivity index (χ1) is 8.87. The Morgan fingerprint density at radius 2 is 2.05 bits per heavy atom. The molecule has 0 bridgehead atoms. The molecule has 5 atom stereocenters. The molecule has 0 aromatic rings. The average molecular weight is 286 g/mol. The van der Waals surface area contributed by atoms with E-state index in [1.807, 2.05) is 6.08 Å². The van der Waals surface area contributed by atoms with E-state index in [9.17, 15) is 9.90 Å². The van der Waals surface area contributed by atoms with Gasteiger partial charge < -0.3 is 14.9 Å². The Morgan fingerprint density at radius 1 is 1.42 bits per heavy atom. The van der Waals surface area contributed by atoms with Crippen LogP contribution in [0.3, 0.4) is 0 Å². The Balaban J connectivity index is 3.06. The quantitative estimate of drug-likeness (QED) is 0.734. The van der Waals surface area contributed by atoms with Crippen LogP contribution >= 0.6 is 11.8 Å². The standard InChI is InChI=1S/C14H22O4S/c1-5-11-7-8-12(6-2)19-14(11,10(4)15)18-9(3)13(16)17/h5-6,9-12,15H,1-2,7-8H2,3-4H3,(H,16,17)/t9-,10-,11?,12?,14+/m0/s1. The summed E-state index contributed by atoms with van der Waals surface area (Å²) < 4.78 is 5.73. The van der Waals surface area contributed by atoms with Crippen molar-refractivity contribution in [1.29, 1.82) is 0 Å². The molecular formula is C14H22O4S. The zero-order valence-corrected chi connectivity index (χ0v) is 12.2. The third-order valence-electron chi connectivity index (χ3n) is 3.45. The molecule has 0 aromatic carbocycles. The van der Waals surface area contributed by atoms with E-state index in [-0.39, 0.29) is 11.2 Å². The van der Waals surface area contributed by atoms with E-state index in [1.165, 1.54) is 18.7 Å². The highest BCUT2D eigenvalue weighted by atomic mass is 32.2. The van der Waals surface area contributed by atoms with Crippen molar-refractivity contribution in [2.75, 3.05) is 0 Å². The van der Waals surface area contributed by atoms with Gasteiger partial charge in [0.15, 0.2) is 6.10 Å². The first-order valence-electron chi connectivity index (χ1n) is 6.39. The lowest BCUT2D eigenvalue weighted by Gasteiger charge is -2.47. The predicted molar refractivity (Wildman–Crippen MR) is 77.1 cm³/mol. The second-order valence-electron chi connectivity index (χ2n) is 4.81. The maximum Gasteiger partial charge on any atom is 0.332 e. The molecule has 19 heavy (non-hydrogen) atoms. The molecule has 1 fully saturated rings. The van der Waals surface area contributed by atoms with Crippen LogP contribution in [-0.4, -0.2) is 38.6 Å². The van der Waals surface area contributed by atoms with Crippen molar-refractivity contribution >= 4 is 17.7 Å². The fourth-order valence-electron chi connectivity index (χ4n) is 2.32. The van der Waals surface area contributed by atoms with Gasteiger partial charge in [-0.2, -0.15) is 0 Å². The van der Waals surface area contributed by atoms with E-state index in [0.29, 0.717) is 0 Å². The minimum atomic E-state index is -1.04. The van der Waals surface area contributed by atoms with Crippen molar-refractivity contribution in [2.45, 2.75) is 49.1 Å². The summed E-state index contributed by atoms with van der Waals surface area (Å²) in [5, 5.41) is 19.3. The van der Waals surface area contributed by atoms with E-state index >= 15 is 0 Å². The Kier molecular flexibility index (Phi) is 5.64. The maximum atomic E-state index is 11.0. The van der Waals surface area contributed by atoms with Crippen molar-refractivity contribution in [1.82, 2.24) is 0 Å². The third-order valence-corrected chi connectivity index (χ3v) is 5.29. The summed E-state index contributed by atoms with van der Waals surface area (Å²) in [7, 11) is 0. The molecule has 2 N–H and O–H groups in total. The van der Waals surface area contributed by atoms with E-state index < -0.39 is 23.1 Å². The molecule has 0 amide bonds. The Bertz CT molecular complexity index is 355. The van der Waals surface area contributed by atoms with Gasteiger partial charge in [-0.25, -0.2) is 4.79 Å². The predicted octanol–water partition coefficient (Wildman–Crippen LogP) is 2.44. The first-order valence-corrected chi connectivity index (χ1v) is 7.27. The number of hydrogen-bond acceptors (Lipinski definition) is 4. The Hall–Kier alpha value is -0.780. The van der Waals surface area contributed by atoms with Gasteiger partial charge in [-0.15, -0.1) is 24.9 Å². The summed E-state index contributed by atoms with van der Waals surface area (Å²) in [5.74, 6) is -1.13. The second kappa shape index (κ2) is 6.59. The molecule has 1 aliphatic heterocycles. The van der Waals surface area contributed by atoms with E-state index in [2.05, 4.69) is 13.2 Å². The molecular weight excluding hydrogens is 264 g/mol. The Labute approximate surface area is 118 Å². The molecule has 108 valence electrons. The highest BCUT2D eigenvalue weighted by Gasteiger charge is 2.49. The summed E-state index contributed by atoms with van der Waals surface area (Å²) in [6, 6.07) is 0. The number of rotatable bonds is 6. The molecule has 0 saturated carbocycles. The van der Waals surface area contributed by atoms with Gasteiger partial charge in [0, 0.05) is 11.2 Å². The number of thioether (sulfide) groups is 1. The topological polar surface area (TPSA) is 66.8 Å². The van der Waals surface area contributed by atoms with E-state index in [1.54, 1.807) is 13.0 Å². The molecule has 1 heterocycles. The Morgan fingerprint density at radius 3 is 2.47 bits per heavy atom. The van der Waals surface area contributed by atoms with Crippen LogP contribution in [0.15, 0.2) is 25.3 Å². The fraction of sp³-hybridized carbons (Fsp3) is 0.643. The lowest BCUT2D eigenvalue weighted by atomic mass is 9.91. The number of aliphatic hydroxyl groups excluding tert-OH is 1. The number of aliphatic carboxylic acids is 1. The molecule has 0 aliphatic carbocycles. The van der Waals surface area contributed by atoms with Crippen molar-refractivity contribution in [3.63, 3.8) is 0 Å². The smallest absolute Gasteiger partial charge is 0.332 e. The van der Waals surface area contributed by atoms with Gasteiger partial charge in [0.05, 0.1) is 6.10 Å². The summed E-state index contributed by atoms with van der Waals surface area (Å²) in [6.45, 7) is 10.7. The first kappa shape index (κ1) is 16.3. The molecule has 1 aliphatic rings. The van der Waals surface area contributed by atoms with Gasteiger partial charge in [0.1, 0.15) is 4.93 Å². The summed E-state index contributed by atoms with van der Waals surface area (Å²) in [5.41, 5.74) is 0. The molecule has 2 unspecified atom stereocenters. The van der Waals surface area contributed by atoms with Crippen LogP contribution in [0.4, 0.5) is 0 Å². The van der Waals surface area contributed by atoms with Crippen LogP contribution in [0.1, 0.15) is 26.7 Å². The van der Waals surface area contributed by atoms with Crippen LogP contribution in [-0.2, 0) is 9.53 Å². The maximum absolute atomic E-state index is 11.0. The molecule has 1 saturated heterocycles. The zero-order chi connectivity index (χ0) is 14.6. The highest BCUT2D eigenvalue weighted by molar-refractivity contribution is 8.01. The van der Waals surface area contributed by atoms with E-state index in [0.717, 1.165) is 12.8 Å². The van der Waals surface area contributed by atoms with Crippen molar-refractivity contribution < 1.29 is 19.7 Å². The van der Waals surface area contributed by atoms with Crippen LogP contribution < -0.4 is 0 Å². The highest BCUT2D eigenvalue weighted by Crippen LogP contribution is 2.49. The van der Waals surface area contributed by atoms with Gasteiger partial charge in [-0.1, -0.05) is 12.2 Å². The van der Waals surface area contributed by atoms with Gasteiger partial charge in [0.2, 0.25) is 0 Å². The van der Waals surface area contributed by atoms with Crippen molar-refractivity contribution in [3.8, 4) is 0 Å². The lowest BCUT2D eigenvalue weighted by molar-refractivity contribution is -0.165. The summed E-state index contributed by atoms with van der Waals surface area (Å²) in [4.78, 5) is 10.0. The summed E-state index contributed by atoms with van der Waals surface area (Å²) >= 11 is 1.44. The molecule has 0 spiro atoms. The van der Waals surface area contributed by atoms with Gasteiger partial charge in [0.25, 0.3) is 0 Å². The SMILES string of the molecule is C=CC1CCC(C=C)[C@@](O[C@@H](C)C(=O)O)([C@H](C)O)S1. The summed E-state index contributed by atoms with van der Waals surface area (Å²) in [6.07, 6.45) is 3.50.